The van der Waals surface area contributed by atoms with Crippen molar-refractivity contribution < 1.29 is 31.5 Å². The second kappa shape index (κ2) is 10.1. The second-order valence-corrected chi connectivity index (χ2v) is 12.6. The van der Waals surface area contributed by atoms with Gasteiger partial charge in [-0.05, 0) is 66.3 Å². The van der Waals surface area contributed by atoms with Gasteiger partial charge in [0.15, 0.2) is 5.65 Å². The van der Waals surface area contributed by atoms with Crippen LogP contribution in [0.5, 0.6) is 0 Å². The van der Waals surface area contributed by atoms with Crippen LogP contribution in [0.3, 0.4) is 0 Å². The number of pyridine rings is 2. The zero-order chi connectivity index (χ0) is 30.0. The van der Waals surface area contributed by atoms with Gasteiger partial charge in [-0.15, -0.1) is 10.2 Å². The Balaban J connectivity index is 1.39. The van der Waals surface area contributed by atoms with E-state index in [1.54, 1.807) is 37.4 Å². The first-order valence-corrected chi connectivity index (χ1v) is 14.7. The third-order valence-corrected chi connectivity index (χ3v) is 10.0. The van der Waals surface area contributed by atoms with E-state index in [4.69, 9.17) is 0 Å². The minimum atomic E-state index is -4.71. The van der Waals surface area contributed by atoms with E-state index in [2.05, 4.69) is 15.2 Å². The topological polar surface area (TPSA) is 121 Å². The number of hydrogen-bond donors (Lipinski definition) is 1. The normalized spacial score (nSPS) is 19.1. The summed E-state index contributed by atoms with van der Waals surface area (Å²) >= 11 is 0. The number of carboxylic acid groups (broad SMARTS) is 1. The molecule has 1 fully saturated rings. The Kier molecular flexibility index (Phi) is 6.72. The number of sulfonamides is 1. The molecule has 0 spiro atoms. The van der Waals surface area contributed by atoms with Crippen molar-refractivity contribution in [1.82, 2.24) is 23.9 Å². The molecule has 42 heavy (non-hydrogen) atoms. The van der Waals surface area contributed by atoms with Crippen LogP contribution in [0.1, 0.15) is 52.4 Å². The number of nitrogens with zero attached hydrogens (tertiary/aromatic N) is 6. The number of halogens is 3. The van der Waals surface area contributed by atoms with Crippen LogP contribution in [-0.4, -0.2) is 62.5 Å². The van der Waals surface area contributed by atoms with Crippen molar-refractivity contribution in [3.8, 4) is 0 Å². The minimum Gasteiger partial charge on any atom is -0.481 e. The SMILES string of the molecule is Cc1ccc([C@@H](CC(=O)O)c2ccn3c(C(F)(F)F)nnc3c2C)cc1CN1C[C@H]2CCN2c2ncccc2S1(=O)=O. The zero-order valence-electron chi connectivity index (χ0n) is 22.7. The quantitative estimate of drug-likeness (QED) is 0.351. The molecule has 3 aromatic heterocycles. The van der Waals surface area contributed by atoms with Gasteiger partial charge < -0.3 is 10.0 Å². The van der Waals surface area contributed by atoms with E-state index in [-0.39, 0.29) is 36.1 Å². The Labute approximate surface area is 239 Å². The first-order chi connectivity index (χ1) is 19.9. The van der Waals surface area contributed by atoms with Gasteiger partial charge in [0, 0.05) is 44.0 Å². The number of carboxylic acids is 1. The van der Waals surface area contributed by atoms with E-state index >= 15 is 0 Å². The van der Waals surface area contributed by atoms with Gasteiger partial charge in [-0.3, -0.25) is 9.20 Å². The molecule has 10 nitrogen and oxygen atoms in total. The van der Waals surface area contributed by atoms with E-state index in [1.165, 1.54) is 16.6 Å². The van der Waals surface area contributed by atoms with Crippen LogP contribution in [0.2, 0.25) is 0 Å². The van der Waals surface area contributed by atoms with Gasteiger partial charge in [0.2, 0.25) is 15.8 Å². The monoisotopic (exact) mass is 600 g/mol. The molecule has 1 saturated heterocycles. The van der Waals surface area contributed by atoms with Crippen LogP contribution < -0.4 is 4.90 Å². The molecule has 1 N–H and O–H groups in total. The number of benzene rings is 1. The summed E-state index contributed by atoms with van der Waals surface area (Å²) in [5, 5.41) is 16.8. The number of fused-ring (bicyclic) bond motifs is 4. The molecule has 14 heteroatoms. The molecule has 5 heterocycles. The standard InChI is InChI=1S/C28H27F3N6O4S/c1-16-5-6-18(22(13-24(38)39)21-8-11-37-25(17(21)2)33-34-27(37)28(29,30)31)12-19(16)14-35-15-20-7-10-36(20)26-23(42(35,40)41)4-3-9-32-26/h3-6,8-9,11-12,20,22H,7,10,13-15H2,1-2H3,(H,38,39)/t20-,22-/m1/s1. The molecule has 0 unspecified atom stereocenters. The van der Waals surface area contributed by atoms with Gasteiger partial charge in [-0.25, -0.2) is 13.4 Å². The first kappa shape index (κ1) is 28.1. The zero-order valence-corrected chi connectivity index (χ0v) is 23.5. The van der Waals surface area contributed by atoms with Gasteiger partial charge in [0.05, 0.1) is 6.42 Å². The largest absolute Gasteiger partial charge is 0.481 e. The van der Waals surface area contributed by atoms with E-state index in [9.17, 15) is 31.5 Å². The van der Waals surface area contributed by atoms with Crippen LogP contribution in [0.4, 0.5) is 19.0 Å². The van der Waals surface area contributed by atoms with Crippen LogP contribution in [0.25, 0.3) is 5.65 Å². The molecule has 0 radical (unpaired) electrons. The van der Waals surface area contributed by atoms with E-state index < -0.39 is 33.9 Å². The van der Waals surface area contributed by atoms with Crippen molar-refractivity contribution in [1.29, 1.82) is 0 Å². The summed E-state index contributed by atoms with van der Waals surface area (Å²) in [5.41, 5.74) is 2.97. The number of hydrogen-bond acceptors (Lipinski definition) is 7. The average Bonchev–Trinajstić information content (AvgIpc) is 3.34. The molecule has 4 aromatic rings. The minimum absolute atomic E-state index is 0.00158. The van der Waals surface area contributed by atoms with E-state index in [0.717, 1.165) is 22.9 Å². The highest BCUT2D eigenvalue weighted by molar-refractivity contribution is 7.89. The van der Waals surface area contributed by atoms with Gasteiger partial charge in [0.25, 0.3) is 0 Å². The lowest BCUT2D eigenvalue weighted by Gasteiger charge is -2.41. The van der Waals surface area contributed by atoms with Gasteiger partial charge >= 0.3 is 12.1 Å². The van der Waals surface area contributed by atoms with Crippen LogP contribution in [0.15, 0.2) is 53.7 Å². The van der Waals surface area contributed by atoms with E-state index in [1.807, 2.05) is 17.9 Å². The third-order valence-electron chi connectivity index (χ3n) is 8.20. The molecule has 0 aliphatic carbocycles. The molecule has 6 rings (SSSR count). The Morgan fingerprint density at radius 1 is 1.17 bits per heavy atom. The van der Waals surface area contributed by atoms with Gasteiger partial charge in [-0.2, -0.15) is 17.5 Å². The van der Waals surface area contributed by atoms with Crippen molar-refractivity contribution in [3.63, 3.8) is 0 Å². The lowest BCUT2D eigenvalue weighted by molar-refractivity contribution is -0.145. The first-order valence-electron chi connectivity index (χ1n) is 13.3. The Hall–Kier alpha value is -4.04. The molecule has 0 amide bonds. The number of aromatic nitrogens is 4. The number of aliphatic carboxylic acids is 1. The highest BCUT2D eigenvalue weighted by atomic mass is 32.2. The maximum Gasteiger partial charge on any atom is 0.452 e. The van der Waals surface area contributed by atoms with Crippen LogP contribution >= 0.6 is 0 Å². The summed E-state index contributed by atoms with van der Waals surface area (Å²) < 4.78 is 70.1. The van der Waals surface area contributed by atoms with Crippen molar-refractivity contribution in [3.05, 3.63) is 82.4 Å². The second-order valence-electron chi connectivity index (χ2n) is 10.7. The molecular formula is C28H27F3N6O4S. The molecule has 0 saturated carbocycles. The molecular weight excluding hydrogens is 573 g/mol. The fraction of sp³-hybridized carbons (Fsp3) is 0.357. The van der Waals surface area contributed by atoms with Gasteiger partial charge in [-0.1, -0.05) is 18.2 Å². The smallest absolute Gasteiger partial charge is 0.452 e. The summed E-state index contributed by atoms with van der Waals surface area (Å²) in [6.45, 7) is 4.52. The lowest BCUT2D eigenvalue weighted by Crippen LogP contribution is -2.52. The highest BCUT2D eigenvalue weighted by Gasteiger charge is 2.42. The number of alkyl halides is 3. The van der Waals surface area contributed by atoms with Crippen molar-refractivity contribution in [2.75, 3.05) is 18.0 Å². The Bertz CT molecular complexity index is 1820. The molecule has 220 valence electrons. The molecule has 0 bridgehead atoms. The summed E-state index contributed by atoms with van der Waals surface area (Å²) in [5.74, 6) is -2.54. The number of rotatable bonds is 6. The fourth-order valence-electron chi connectivity index (χ4n) is 5.85. The summed E-state index contributed by atoms with van der Waals surface area (Å²) in [4.78, 5) is 18.5. The highest BCUT2D eigenvalue weighted by Crippen LogP contribution is 2.38. The predicted octanol–water partition coefficient (Wildman–Crippen LogP) is 4.15. The number of carbonyl (C=O) groups is 1. The number of aryl methyl sites for hydroxylation is 2. The maximum atomic E-state index is 13.8. The lowest BCUT2D eigenvalue weighted by atomic mass is 9.85. The average molecular weight is 601 g/mol. The third kappa shape index (κ3) is 4.67. The summed E-state index contributed by atoms with van der Waals surface area (Å²) in [7, 11) is -3.88. The fourth-order valence-corrected chi connectivity index (χ4v) is 7.46. The van der Waals surface area contributed by atoms with Gasteiger partial charge in [0.1, 0.15) is 10.7 Å². The summed E-state index contributed by atoms with van der Waals surface area (Å²) in [6.07, 6.45) is -1.43. The van der Waals surface area contributed by atoms with Crippen molar-refractivity contribution >= 4 is 27.5 Å². The Morgan fingerprint density at radius 2 is 1.95 bits per heavy atom. The Morgan fingerprint density at radius 3 is 2.64 bits per heavy atom. The van der Waals surface area contributed by atoms with E-state index in [0.29, 0.717) is 28.1 Å². The predicted molar refractivity (Wildman–Crippen MR) is 146 cm³/mol. The molecule has 2 aliphatic heterocycles. The van der Waals surface area contributed by atoms with Crippen LogP contribution in [-0.2, 0) is 27.5 Å². The molecule has 2 atom stereocenters. The van der Waals surface area contributed by atoms with Crippen LogP contribution in [0, 0.1) is 13.8 Å². The number of anilines is 1. The molecule has 2 aliphatic rings. The molecule has 1 aromatic carbocycles. The van der Waals surface area contributed by atoms with Crippen molar-refractivity contribution in [2.24, 2.45) is 0 Å². The summed E-state index contributed by atoms with van der Waals surface area (Å²) in [6, 6.07) is 9.99. The van der Waals surface area contributed by atoms with Crippen molar-refractivity contribution in [2.45, 2.75) is 56.3 Å². The maximum absolute atomic E-state index is 13.8.